The van der Waals surface area contributed by atoms with Gasteiger partial charge in [0.2, 0.25) is 0 Å². The number of halogens is 1. The second-order valence-corrected chi connectivity index (χ2v) is 7.77. The minimum absolute atomic E-state index is 0.108. The first-order valence-corrected chi connectivity index (χ1v) is 9.93. The summed E-state index contributed by atoms with van der Waals surface area (Å²) in [6.07, 6.45) is 0. The molecular weight excluding hydrogens is 382 g/mol. The molecule has 0 atom stereocenters. The fourth-order valence-electron chi connectivity index (χ4n) is 2.63. The zero-order valence-corrected chi connectivity index (χ0v) is 17.2. The zero-order valence-electron chi connectivity index (χ0n) is 15.6. The number of carbonyl (C=O) groups excluding carboxylic acids is 1. The molecule has 27 heavy (non-hydrogen) atoms. The fourth-order valence-corrected chi connectivity index (χ4v) is 3.83. The van der Waals surface area contributed by atoms with Crippen LogP contribution in [0.15, 0.2) is 42.5 Å². The molecule has 0 N–H and O–H groups in total. The van der Waals surface area contributed by atoms with E-state index in [2.05, 4.69) is 4.98 Å². The number of aromatic nitrogens is 1. The Kier molecular flexibility index (Phi) is 6.31. The van der Waals surface area contributed by atoms with E-state index in [-0.39, 0.29) is 5.91 Å². The maximum Gasteiger partial charge on any atom is 0.260 e. The van der Waals surface area contributed by atoms with Gasteiger partial charge in [-0.25, -0.2) is 4.98 Å². The molecule has 1 amide bonds. The number of benzene rings is 2. The van der Waals surface area contributed by atoms with Crippen molar-refractivity contribution in [1.82, 2.24) is 9.88 Å². The first kappa shape index (κ1) is 19.6. The van der Waals surface area contributed by atoms with E-state index in [9.17, 15) is 4.79 Å². The van der Waals surface area contributed by atoms with Crippen molar-refractivity contribution in [1.29, 1.82) is 0 Å². The second kappa shape index (κ2) is 8.69. The van der Waals surface area contributed by atoms with Crippen molar-refractivity contribution >= 4 is 44.2 Å². The van der Waals surface area contributed by atoms with E-state index in [0.29, 0.717) is 28.9 Å². The van der Waals surface area contributed by atoms with E-state index in [1.54, 1.807) is 29.2 Å². The normalized spacial score (nSPS) is 11.1. The lowest BCUT2D eigenvalue weighted by Gasteiger charge is -2.22. The van der Waals surface area contributed by atoms with Crippen molar-refractivity contribution in [3.05, 3.63) is 53.1 Å². The number of thiazole rings is 1. The number of nitrogens with zero attached hydrogens (tertiary/aromatic N) is 3. The van der Waals surface area contributed by atoms with Gasteiger partial charge in [0, 0.05) is 23.7 Å². The summed E-state index contributed by atoms with van der Waals surface area (Å²) in [6, 6.07) is 12.8. The van der Waals surface area contributed by atoms with Gasteiger partial charge in [-0.15, -0.1) is 0 Å². The number of hydrogen-bond acceptors (Lipinski definition) is 5. The van der Waals surface area contributed by atoms with Crippen LogP contribution in [0.3, 0.4) is 0 Å². The van der Waals surface area contributed by atoms with Crippen LogP contribution in [0.25, 0.3) is 10.2 Å². The van der Waals surface area contributed by atoms with Crippen LogP contribution in [-0.2, 0) is 0 Å². The highest BCUT2D eigenvalue weighted by molar-refractivity contribution is 7.22. The molecule has 2 aromatic carbocycles. The molecule has 0 saturated carbocycles. The van der Waals surface area contributed by atoms with Gasteiger partial charge >= 0.3 is 0 Å². The minimum atomic E-state index is -0.108. The summed E-state index contributed by atoms with van der Waals surface area (Å²) in [5.74, 6) is 0.699. The molecule has 3 rings (SSSR count). The van der Waals surface area contributed by atoms with E-state index in [4.69, 9.17) is 16.3 Å². The Morgan fingerprint density at radius 3 is 2.70 bits per heavy atom. The van der Waals surface area contributed by atoms with Crippen LogP contribution in [0, 0.1) is 0 Å². The summed E-state index contributed by atoms with van der Waals surface area (Å²) in [7, 11) is 3.96. The molecule has 0 saturated heterocycles. The van der Waals surface area contributed by atoms with Crippen molar-refractivity contribution in [2.24, 2.45) is 0 Å². The van der Waals surface area contributed by atoms with E-state index in [0.717, 1.165) is 22.5 Å². The van der Waals surface area contributed by atoms with Gasteiger partial charge in [0.1, 0.15) is 5.75 Å². The Bertz CT molecular complexity index is 942. The van der Waals surface area contributed by atoms with Crippen molar-refractivity contribution < 1.29 is 9.53 Å². The molecule has 3 aromatic rings. The number of ether oxygens (including phenoxy) is 1. The average molecular weight is 404 g/mol. The largest absolute Gasteiger partial charge is 0.494 e. The second-order valence-electron chi connectivity index (χ2n) is 6.33. The highest BCUT2D eigenvalue weighted by Crippen LogP contribution is 2.32. The number of amides is 1. The molecule has 5 nitrogen and oxygen atoms in total. The Labute approximate surface area is 168 Å². The Balaban J connectivity index is 1.96. The highest BCUT2D eigenvalue weighted by Gasteiger charge is 2.21. The minimum Gasteiger partial charge on any atom is -0.494 e. The molecule has 0 aliphatic rings. The fraction of sp³-hybridized carbons (Fsp3) is 0.300. The Hall–Kier alpha value is -2.15. The van der Waals surface area contributed by atoms with Gasteiger partial charge in [-0.3, -0.25) is 9.69 Å². The molecular formula is C20H22ClN3O2S. The number of hydrogen-bond donors (Lipinski definition) is 0. The van der Waals surface area contributed by atoms with Gasteiger partial charge in [0.05, 0.1) is 16.8 Å². The molecule has 142 valence electrons. The van der Waals surface area contributed by atoms with Crippen LogP contribution in [-0.4, -0.2) is 49.6 Å². The molecule has 0 aliphatic heterocycles. The summed E-state index contributed by atoms with van der Waals surface area (Å²) in [5, 5.41) is 1.21. The number of rotatable bonds is 7. The topological polar surface area (TPSA) is 45.7 Å². The van der Waals surface area contributed by atoms with Gasteiger partial charge in [-0.05, 0) is 57.4 Å². The van der Waals surface area contributed by atoms with Gasteiger partial charge in [0.15, 0.2) is 5.13 Å². The third-order valence-corrected chi connectivity index (χ3v) is 5.25. The van der Waals surface area contributed by atoms with Crippen molar-refractivity contribution in [2.75, 3.05) is 38.7 Å². The van der Waals surface area contributed by atoms with E-state index < -0.39 is 0 Å². The van der Waals surface area contributed by atoms with E-state index in [1.807, 2.05) is 44.1 Å². The van der Waals surface area contributed by atoms with Crippen LogP contribution >= 0.6 is 22.9 Å². The lowest BCUT2D eigenvalue weighted by Crippen LogP contribution is -2.36. The molecule has 7 heteroatoms. The molecule has 0 unspecified atom stereocenters. The molecule has 0 fully saturated rings. The summed E-state index contributed by atoms with van der Waals surface area (Å²) >= 11 is 7.56. The smallest absolute Gasteiger partial charge is 0.260 e. The van der Waals surface area contributed by atoms with Crippen molar-refractivity contribution in [3.63, 3.8) is 0 Å². The van der Waals surface area contributed by atoms with Gasteiger partial charge in [0.25, 0.3) is 5.91 Å². The van der Waals surface area contributed by atoms with Crippen molar-refractivity contribution in [3.8, 4) is 5.75 Å². The lowest BCUT2D eigenvalue weighted by atomic mass is 10.2. The predicted octanol–water partition coefficient (Wildman–Crippen LogP) is 4.56. The van der Waals surface area contributed by atoms with Crippen LogP contribution < -0.4 is 9.64 Å². The SMILES string of the molecule is CCOc1ccc2nc(N(CCN(C)C)C(=O)c3cccc(Cl)c3)sc2c1. The highest BCUT2D eigenvalue weighted by atomic mass is 35.5. The van der Waals surface area contributed by atoms with E-state index >= 15 is 0 Å². The maximum absolute atomic E-state index is 13.1. The van der Waals surface area contributed by atoms with Crippen LogP contribution in [0.1, 0.15) is 17.3 Å². The number of anilines is 1. The van der Waals surface area contributed by atoms with Gasteiger partial charge in [-0.2, -0.15) is 0 Å². The molecule has 0 bridgehead atoms. The standard InChI is InChI=1S/C20H22ClN3O2S/c1-4-26-16-8-9-17-18(13-16)27-20(22-17)24(11-10-23(2)3)19(25)14-6-5-7-15(21)12-14/h5-9,12-13H,4,10-11H2,1-3H3. The Morgan fingerprint density at radius 2 is 2.00 bits per heavy atom. The van der Waals surface area contributed by atoms with Gasteiger partial charge in [-0.1, -0.05) is 29.0 Å². The summed E-state index contributed by atoms with van der Waals surface area (Å²) in [5.41, 5.74) is 1.41. The summed E-state index contributed by atoms with van der Waals surface area (Å²) in [4.78, 5) is 21.6. The molecule has 0 aliphatic carbocycles. The monoisotopic (exact) mass is 403 g/mol. The quantitative estimate of drug-likeness (QED) is 0.580. The number of likely N-dealkylation sites (N-methyl/N-ethyl adjacent to an activating group) is 1. The van der Waals surface area contributed by atoms with Crippen LogP contribution in [0.4, 0.5) is 5.13 Å². The molecule has 1 heterocycles. The van der Waals surface area contributed by atoms with Crippen LogP contribution in [0.2, 0.25) is 5.02 Å². The summed E-state index contributed by atoms with van der Waals surface area (Å²) in [6.45, 7) is 3.83. The Morgan fingerprint density at radius 1 is 1.19 bits per heavy atom. The summed E-state index contributed by atoms with van der Waals surface area (Å²) < 4.78 is 6.56. The number of fused-ring (bicyclic) bond motifs is 1. The molecule has 0 radical (unpaired) electrons. The molecule has 0 spiro atoms. The average Bonchev–Trinajstić information content (AvgIpc) is 3.04. The van der Waals surface area contributed by atoms with Crippen molar-refractivity contribution in [2.45, 2.75) is 6.92 Å². The zero-order chi connectivity index (χ0) is 19.4. The van der Waals surface area contributed by atoms with Crippen LogP contribution in [0.5, 0.6) is 5.75 Å². The van der Waals surface area contributed by atoms with Gasteiger partial charge < -0.3 is 9.64 Å². The first-order valence-electron chi connectivity index (χ1n) is 8.73. The lowest BCUT2D eigenvalue weighted by molar-refractivity contribution is 0.0985. The third-order valence-electron chi connectivity index (χ3n) is 3.98. The predicted molar refractivity (Wildman–Crippen MR) is 112 cm³/mol. The molecule has 1 aromatic heterocycles. The first-order chi connectivity index (χ1) is 13.0. The van der Waals surface area contributed by atoms with E-state index in [1.165, 1.54) is 11.3 Å². The third kappa shape index (κ3) is 4.77. The number of carbonyl (C=O) groups is 1. The maximum atomic E-state index is 13.1.